The highest BCUT2D eigenvalue weighted by Crippen LogP contribution is 2.42. The molecule has 0 aromatic heterocycles. The molecule has 1 aromatic carbocycles. The van der Waals surface area contributed by atoms with Gasteiger partial charge < -0.3 is 19.3 Å². The molecule has 0 unspecified atom stereocenters. The van der Waals surface area contributed by atoms with Gasteiger partial charge in [-0.25, -0.2) is 0 Å². The molecule has 1 aromatic rings. The summed E-state index contributed by atoms with van der Waals surface area (Å²) in [6, 6.07) is 10.1. The lowest BCUT2D eigenvalue weighted by Gasteiger charge is -2.34. The van der Waals surface area contributed by atoms with E-state index in [0.29, 0.717) is 19.1 Å². The zero-order valence-electron chi connectivity index (χ0n) is 11.8. The fourth-order valence-corrected chi connectivity index (χ4v) is 3.22. The van der Waals surface area contributed by atoms with Gasteiger partial charge in [0.1, 0.15) is 12.7 Å². The van der Waals surface area contributed by atoms with Crippen LogP contribution in [0.4, 0.5) is 0 Å². The number of hydrogen-bond acceptors (Lipinski definition) is 4. The first-order chi connectivity index (χ1) is 9.71. The number of aliphatic hydroxyl groups excluding tert-OH is 1. The third-order valence-corrected chi connectivity index (χ3v) is 4.05. The normalized spacial score (nSPS) is 36.2. The number of rotatable bonds is 5. The summed E-state index contributed by atoms with van der Waals surface area (Å²) in [7, 11) is 0. The lowest BCUT2D eigenvalue weighted by molar-refractivity contribution is -0.234. The van der Waals surface area contributed by atoms with Gasteiger partial charge in [0.25, 0.3) is 0 Å². The van der Waals surface area contributed by atoms with E-state index in [1.807, 2.05) is 30.3 Å². The summed E-state index contributed by atoms with van der Waals surface area (Å²) in [6.45, 7) is 3.18. The molecule has 2 fully saturated rings. The van der Waals surface area contributed by atoms with Crippen molar-refractivity contribution in [2.45, 2.75) is 44.4 Å². The molecule has 0 saturated carbocycles. The van der Waals surface area contributed by atoms with E-state index in [0.717, 1.165) is 18.4 Å². The van der Waals surface area contributed by atoms with Crippen molar-refractivity contribution in [3.05, 3.63) is 35.9 Å². The molecule has 2 aliphatic heterocycles. The Morgan fingerprint density at radius 1 is 1.30 bits per heavy atom. The molecule has 0 spiro atoms. The average molecular weight is 278 g/mol. The molecule has 4 nitrogen and oxygen atoms in total. The van der Waals surface area contributed by atoms with Crippen molar-refractivity contribution in [3.63, 3.8) is 0 Å². The van der Waals surface area contributed by atoms with Gasteiger partial charge >= 0.3 is 0 Å². The van der Waals surface area contributed by atoms with Crippen LogP contribution in [0.1, 0.15) is 25.3 Å². The van der Waals surface area contributed by atoms with Crippen LogP contribution in [0.25, 0.3) is 0 Å². The van der Waals surface area contributed by atoms with Crippen LogP contribution in [0.15, 0.2) is 30.3 Å². The summed E-state index contributed by atoms with van der Waals surface area (Å²) >= 11 is 0. The SMILES string of the molecule is C[C@@H]1C[C@@H]2O[C@](COCc3ccccc3)(C1)O[C@@H]2CO. The zero-order chi connectivity index (χ0) is 14.0. The van der Waals surface area contributed by atoms with Crippen molar-refractivity contribution in [1.29, 1.82) is 0 Å². The van der Waals surface area contributed by atoms with E-state index in [9.17, 15) is 5.11 Å². The average Bonchev–Trinajstić information content (AvgIpc) is 2.71. The highest BCUT2D eigenvalue weighted by Gasteiger charge is 2.52. The van der Waals surface area contributed by atoms with E-state index in [1.54, 1.807) is 0 Å². The first-order valence-electron chi connectivity index (χ1n) is 7.29. The molecular weight excluding hydrogens is 256 g/mol. The van der Waals surface area contributed by atoms with Crippen LogP contribution in [0.2, 0.25) is 0 Å². The first-order valence-corrected chi connectivity index (χ1v) is 7.29. The minimum atomic E-state index is -0.662. The van der Waals surface area contributed by atoms with E-state index < -0.39 is 5.79 Å². The van der Waals surface area contributed by atoms with Gasteiger partial charge in [-0.15, -0.1) is 0 Å². The van der Waals surface area contributed by atoms with Crippen LogP contribution in [-0.2, 0) is 20.8 Å². The topological polar surface area (TPSA) is 47.9 Å². The van der Waals surface area contributed by atoms with Gasteiger partial charge in [0, 0.05) is 6.42 Å². The second-order valence-corrected chi connectivity index (χ2v) is 5.93. The molecule has 4 atom stereocenters. The van der Waals surface area contributed by atoms with Crippen LogP contribution in [0, 0.1) is 5.92 Å². The summed E-state index contributed by atoms with van der Waals surface area (Å²) in [5.74, 6) is -0.129. The fraction of sp³-hybridized carbons (Fsp3) is 0.625. The van der Waals surface area contributed by atoms with Crippen LogP contribution < -0.4 is 0 Å². The van der Waals surface area contributed by atoms with E-state index in [2.05, 4.69) is 6.92 Å². The number of benzene rings is 1. The standard InChI is InChI=1S/C16H22O4/c1-12-7-14-15(9-17)20-16(8-12,19-14)11-18-10-13-5-3-2-4-6-13/h2-6,12,14-15,17H,7-11H2,1H3/t12-,14+,15-,16-/m1/s1. The maximum absolute atomic E-state index is 9.37. The molecule has 2 bridgehead atoms. The summed E-state index contributed by atoms with van der Waals surface area (Å²) < 4.78 is 17.7. The number of aliphatic hydroxyl groups is 1. The maximum Gasteiger partial charge on any atom is 0.193 e. The second-order valence-electron chi connectivity index (χ2n) is 5.93. The van der Waals surface area contributed by atoms with Gasteiger partial charge in [0.15, 0.2) is 5.79 Å². The quantitative estimate of drug-likeness (QED) is 0.896. The van der Waals surface area contributed by atoms with Crippen molar-refractivity contribution >= 4 is 0 Å². The number of ether oxygens (including phenoxy) is 3. The predicted molar refractivity (Wildman–Crippen MR) is 74.1 cm³/mol. The lowest BCUT2D eigenvalue weighted by atomic mass is 9.92. The Labute approximate surface area is 119 Å². The summed E-state index contributed by atoms with van der Waals surface area (Å²) in [6.07, 6.45) is 1.57. The Morgan fingerprint density at radius 2 is 2.10 bits per heavy atom. The molecule has 1 N–H and O–H groups in total. The van der Waals surface area contributed by atoms with Gasteiger partial charge in [0.2, 0.25) is 0 Å². The van der Waals surface area contributed by atoms with Gasteiger partial charge in [-0.1, -0.05) is 37.3 Å². The monoisotopic (exact) mass is 278 g/mol. The van der Waals surface area contributed by atoms with Gasteiger partial charge in [-0.05, 0) is 17.9 Å². The van der Waals surface area contributed by atoms with Crippen molar-refractivity contribution in [1.82, 2.24) is 0 Å². The molecule has 0 amide bonds. The Balaban J connectivity index is 1.58. The highest BCUT2D eigenvalue weighted by molar-refractivity contribution is 5.13. The van der Waals surface area contributed by atoms with Gasteiger partial charge in [-0.3, -0.25) is 0 Å². The fourth-order valence-electron chi connectivity index (χ4n) is 3.22. The van der Waals surface area contributed by atoms with Gasteiger partial charge in [0.05, 0.1) is 19.3 Å². The number of fused-ring (bicyclic) bond motifs is 2. The Bertz CT molecular complexity index is 435. The molecule has 0 radical (unpaired) electrons. The molecule has 0 aliphatic carbocycles. The summed E-state index contributed by atoms with van der Waals surface area (Å²) in [5.41, 5.74) is 1.14. The summed E-state index contributed by atoms with van der Waals surface area (Å²) in [4.78, 5) is 0. The molecule has 2 heterocycles. The van der Waals surface area contributed by atoms with Crippen molar-refractivity contribution in [2.75, 3.05) is 13.2 Å². The van der Waals surface area contributed by atoms with E-state index >= 15 is 0 Å². The maximum atomic E-state index is 9.37. The first kappa shape index (κ1) is 14.0. The molecule has 4 heteroatoms. The molecule has 20 heavy (non-hydrogen) atoms. The second kappa shape index (κ2) is 5.82. The Hall–Kier alpha value is -0.940. The zero-order valence-corrected chi connectivity index (χ0v) is 11.8. The molecule has 2 saturated heterocycles. The third-order valence-electron chi connectivity index (χ3n) is 4.05. The largest absolute Gasteiger partial charge is 0.394 e. The van der Waals surface area contributed by atoms with Crippen LogP contribution in [-0.4, -0.2) is 36.3 Å². The number of hydrogen-bond donors (Lipinski definition) is 1. The minimum Gasteiger partial charge on any atom is -0.394 e. The predicted octanol–water partition coefficient (Wildman–Crippen LogP) is 2.11. The Morgan fingerprint density at radius 3 is 2.85 bits per heavy atom. The smallest absolute Gasteiger partial charge is 0.193 e. The van der Waals surface area contributed by atoms with Crippen molar-refractivity contribution in [2.24, 2.45) is 5.92 Å². The van der Waals surface area contributed by atoms with Crippen molar-refractivity contribution in [3.8, 4) is 0 Å². The van der Waals surface area contributed by atoms with Crippen LogP contribution in [0.5, 0.6) is 0 Å². The lowest BCUT2D eigenvalue weighted by Crippen LogP contribution is -2.41. The molecule has 2 aliphatic rings. The van der Waals surface area contributed by atoms with Crippen LogP contribution in [0.3, 0.4) is 0 Å². The highest BCUT2D eigenvalue weighted by atomic mass is 16.8. The minimum absolute atomic E-state index is 0.00377. The molecule has 110 valence electrons. The Kier molecular flexibility index (Phi) is 4.08. The van der Waals surface area contributed by atoms with E-state index in [1.165, 1.54) is 0 Å². The summed E-state index contributed by atoms with van der Waals surface area (Å²) in [5, 5.41) is 9.37. The van der Waals surface area contributed by atoms with E-state index in [4.69, 9.17) is 14.2 Å². The van der Waals surface area contributed by atoms with Gasteiger partial charge in [-0.2, -0.15) is 0 Å². The molecule has 3 rings (SSSR count). The third kappa shape index (κ3) is 2.88. The van der Waals surface area contributed by atoms with Crippen LogP contribution >= 0.6 is 0 Å². The molecular formula is C16H22O4. The van der Waals surface area contributed by atoms with E-state index in [-0.39, 0.29) is 18.8 Å². The van der Waals surface area contributed by atoms with Crippen molar-refractivity contribution < 1.29 is 19.3 Å².